The zero-order chi connectivity index (χ0) is 9.61. The summed E-state index contributed by atoms with van der Waals surface area (Å²) in [6.07, 6.45) is -0.446. The molecule has 0 aliphatic heterocycles. The molecule has 13 heavy (non-hydrogen) atoms. The standard InChI is InChI=1S/C5H7NO5S.Na/c6-2-1-5(7)11-3-4-12(8,9)10;/h1,3-4H2,(H,8,9,10);/q;+1/p-1. The second-order valence-electron chi connectivity index (χ2n) is 1.82. The van der Waals surface area contributed by atoms with Gasteiger partial charge in [-0.05, 0) is 0 Å². The molecule has 0 fully saturated rings. The zero-order valence-electron chi connectivity index (χ0n) is 7.02. The van der Waals surface area contributed by atoms with Gasteiger partial charge in [0.2, 0.25) is 0 Å². The molecule has 0 spiro atoms. The molecule has 0 heterocycles. The largest absolute Gasteiger partial charge is 1.00 e. The van der Waals surface area contributed by atoms with Crippen molar-refractivity contribution in [1.82, 2.24) is 0 Å². The molecule has 0 amide bonds. The molecular formula is C5H6NNaO5S. The number of rotatable bonds is 4. The van der Waals surface area contributed by atoms with Crippen molar-refractivity contribution in [2.45, 2.75) is 6.42 Å². The Kier molecular flexibility index (Phi) is 8.61. The molecule has 0 aromatic carbocycles. The SMILES string of the molecule is N#CCC(=O)OCCS(=O)(=O)[O-].[Na+]. The first-order chi connectivity index (χ1) is 5.45. The van der Waals surface area contributed by atoms with Crippen LogP contribution in [0.3, 0.4) is 0 Å². The molecule has 0 N–H and O–H groups in total. The molecule has 6 nitrogen and oxygen atoms in total. The van der Waals surface area contributed by atoms with Crippen LogP contribution < -0.4 is 29.6 Å². The van der Waals surface area contributed by atoms with Crippen molar-refractivity contribution in [3.8, 4) is 6.07 Å². The molecule has 0 bridgehead atoms. The molecule has 0 aliphatic carbocycles. The van der Waals surface area contributed by atoms with Gasteiger partial charge in [-0.3, -0.25) is 4.79 Å². The average Bonchev–Trinajstić information content (AvgIpc) is 1.84. The summed E-state index contributed by atoms with van der Waals surface area (Å²) in [5, 5.41) is 7.97. The van der Waals surface area contributed by atoms with Gasteiger partial charge in [0.05, 0.1) is 21.9 Å². The summed E-state index contributed by atoms with van der Waals surface area (Å²) in [4.78, 5) is 10.4. The first-order valence-electron chi connectivity index (χ1n) is 2.92. The third kappa shape index (κ3) is 11.9. The summed E-state index contributed by atoms with van der Waals surface area (Å²) >= 11 is 0. The van der Waals surface area contributed by atoms with Crippen molar-refractivity contribution in [2.24, 2.45) is 0 Å². The Morgan fingerprint density at radius 2 is 2.08 bits per heavy atom. The molecule has 0 aromatic rings. The zero-order valence-corrected chi connectivity index (χ0v) is 9.83. The number of carbonyl (C=O) groups excluding carboxylic acids is 1. The molecule has 0 unspecified atom stereocenters. The molecular weight excluding hydrogens is 209 g/mol. The van der Waals surface area contributed by atoms with Crippen LogP contribution in [0.5, 0.6) is 0 Å². The van der Waals surface area contributed by atoms with Crippen molar-refractivity contribution >= 4 is 16.1 Å². The summed E-state index contributed by atoms with van der Waals surface area (Å²) in [6, 6.07) is 1.51. The van der Waals surface area contributed by atoms with Crippen LogP contribution in [-0.2, 0) is 19.6 Å². The van der Waals surface area contributed by atoms with Gasteiger partial charge in [0.1, 0.15) is 13.0 Å². The predicted molar refractivity (Wildman–Crippen MR) is 35.8 cm³/mol. The van der Waals surface area contributed by atoms with Crippen LogP contribution in [0.4, 0.5) is 0 Å². The van der Waals surface area contributed by atoms with Crippen LogP contribution in [0.2, 0.25) is 0 Å². The fourth-order valence-corrected chi connectivity index (χ4v) is 0.661. The van der Waals surface area contributed by atoms with E-state index in [1.165, 1.54) is 6.07 Å². The van der Waals surface area contributed by atoms with E-state index in [0.29, 0.717) is 0 Å². The molecule has 0 radical (unpaired) electrons. The van der Waals surface area contributed by atoms with E-state index in [1.807, 2.05) is 0 Å². The Morgan fingerprint density at radius 1 is 1.54 bits per heavy atom. The van der Waals surface area contributed by atoms with Crippen LogP contribution in [-0.4, -0.2) is 31.3 Å². The number of ether oxygens (including phenoxy) is 1. The van der Waals surface area contributed by atoms with E-state index in [4.69, 9.17) is 5.26 Å². The van der Waals surface area contributed by atoms with Crippen molar-refractivity contribution < 1.29 is 52.1 Å². The maximum Gasteiger partial charge on any atom is 1.00 e. The Hall–Kier alpha value is -0.130. The van der Waals surface area contributed by atoms with E-state index < -0.39 is 34.9 Å². The molecule has 0 rings (SSSR count). The van der Waals surface area contributed by atoms with Gasteiger partial charge in [-0.25, -0.2) is 8.42 Å². The Bertz CT molecular complexity index is 293. The van der Waals surface area contributed by atoms with Crippen molar-refractivity contribution in [1.29, 1.82) is 5.26 Å². The van der Waals surface area contributed by atoms with E-state index in [-0.39, 0.29) is 29.6 Å². The van der Waals surface area contributed by atoms with Gasteiger partial charge in [-0.1, -0.05) is 0 Å². The van der Waals surface area contributed by atoms with Gasteiger partial charge < -0.3 is 9.29 Å². The monoisotopic (exact) mass is 215 g/mol. The fraction of sp³-hybridized carbons (Fsp3) is 0.600. The van der Waals surface area contributed by atoms with Gasteiger partial charge in [-0.15, -0.1) is 0 Å². The number of nitriles is 1. The third-order valence-corrected chi connectivity index (χ3v) is 1.49. The van der Waals surface area contributed by atoms with E-state index in [1.54, 1.807) is 0 Å². The number of nitrogens with zero attached hydrogens (tertiary/aromatic N) is 1. The third-order valence-electron chi connectivity index (χ3n) is 0.820. The van der Waals surface area contributed by atoms with Crippen LogP contribution in [0.15, 0.2) is 0 Å². The second kappa shape index (κ2) is 7.29. The summed E-state index contributed by atoms with van der Waals surface area (Å²) in [6.45, 7) is -0.494. The second-order valence-corrected chi connectivity index (χ2v) is 3.34. The van der Waals surface area contributed by atoms with Gasteiger partial charge >= 0.3 is 35.5 Å². The van der Waals surface area contributed by atoms with Crippen molar-refractivity contribution in [3.05, 3.63) is 0 Å². The Morgan fingerprint density at radius 3 is 2.46 bits per heavy atom. The van der Waals surface area contributed by atoms with Gasteiger partial charge in [-0.2, -0.15) is 5.26 Å². The maximum atomic E-state index is 10.4. The minimum Gasteiger partial charge on any atom is -0.748 e. The van der Waals surface area contributed by atoms with Crippen molar-refractivity contribution in [2.75, 3.05) is 12.4 Å². The molecule has 68 valence electrons. The normalized spacial score (nSPS) is 9.54. The first-order valence-corrected chi connectivity index (χ1v) is 4.49. The van der Waals surface area contributed by atoms with E-state index in [2.05, 4.69) is 4.74 Å². The minimum absolute atomic E-state index is 0. The first kappa shape index (κ1) is 15.3. The molecule has 0 aromatic heterocycles. The van der Waals surface area contributed by atoms with Crippen LogP contribution in [0.1, 0.15) is 6.42 Å². The van der Waals surface area contributed by atoms with E-state index in [0.717, 1.165) is 0 Å². The number of hydrogen-bond donors (Lipinski definition) is 0. The molecule has 0 saturated heterocycles. The number of esters is 1. The van der Waals surface area contributed by atoms with Gasteiger partial charge in [0.15, 0.2) is 0 Å². The average molecular weight is 215 g/mol. The summed E-state index contributed by atoms with van der Waals surface area (Å²) in [5.74, 6) is -1.59. The van der Waals surface area contributed by atoms with Gasteiger partial charge in [0, 0.05) is 0 Å². The van der Waals surface area contributed by atoms with E-state index in [9.17, 15) is 17.8 Å². The summed E-state index contributed by atoms with van der Waals surface area (Å²) in [5.41, 5.74) is 0. The quantitative estimate of drug-likeness (QED) is 0.268. The summed E-state index contributed by atoms with van der Waals surface area (Å²) in [7, 11) is -4.34. The van der Waals surface area contributed by atoms with E-state index >= 15 is 0 Å². The predicted octanol–water partition coefficient (Wildman–Crippen LogP) is -4.01. The Labute approximate surface area is 97.9 Å². The maximum absolute atomic E-state index is 10.4. The minimum atomic E-state index is -4.34. The smallest absolute Gasteiger partial charge is 0.748 e. The van der Waals surface area contributed by atoms with Gasteiger partial charge in [0.25, 0.3) is 0 Å². The topological polar surface area (TPSA) is 107 Å². The van der Waals surface area contributed by atoms with Crippen LogP contribution >= 0.6 is 0 Å². The number of carbonyl (C=O) groups is 1. The molecule has 0 saturated carbocycles. The van der Waals surface area contributed by atoms with Crippen molar-refractivity contribution in [3.63, 3.8) is 0 Å². The van der Waals surface area contributed by atoms with Crippen LogP contribution in [0.25, 0.3) is 0 Å². The Balaban J connectivity index is 0. The number of hydrogen-bond acceptors (Lipinski definition) is 6. The fourth-order valence-electron chi connectivity index (χ4n) is 0.373. The molecule has 0 atom stereocenters. The summed E-state index contributed by atoms with van der Waals surface area (Å²) < 4.78 is 34.1. The van der Waals surface area contributed by atoms with Crippen LogP contribution in [0, 0.1) is 11.3 Å². The molecule has 8 heteroatoms. The molecule has 0 aliphatic rings.